The molecule has 0 amide bonds. The Morgan fingerprint density at radius 3 is 2.60 bits per heavy atom. The van der Waals surface area contributed by atoms with E-state index in [0.29, 0.717) is 0 Å². The molecule has 138 valence electrons. The van der Waals surface area contributed by atoms with Crippen LogP contribution in [-0.4, -0.2) is 70.7 Å². The van der Waals surface area contributed by atoms with Crippen LogP contribution in [0.3, 0.4) is 0 Å². The van der Waals surface area contributed by atoms with Crippen molar-refractivity contribution in [2.45, 2.75) is 31.0 Å². The normalized spacial score (nSPS) is 25.8. The molecular formula is C14H18N2O9. The molecule has 11 heteroatoms. The van der Waals surface area contributed by atoms with Crippen LogP contribution in [0.2, 0.25) is 0 Å². The quantitative estimate of drug-likeness (QED) is 0.358. The Morgan fingerprint density at radius 1 is 1.36 bits per heavy atom. The van der Waals surface area contributed by atoms with Gasteiger partial charge < -0.3 is 24.4 Å². The number of Topliss-reactive ketones (excluding diaryl/α,β-unsaturated/α-hetero) is 1. The predicted molar refractivity (Wildman–Crippen MR) is 79.8 cm³/mol. The van der Waals surface area contributed by atoms with Gasteiger partial charge in [-0.15, -0.1) is 0 Å². The van der Waals surface area contributed by atoms with Gasteiger partial charge in [0.2, 0.25) is 5.78 Å². The molecule has 1 saturated heterocycles. The molecule has 2 heterocycles. The summed E-state index contributed by atoms with van der Waals surface area (Å²) in [6, 6.07) is 0. The summed E-state index contributed by atoms with van der Waals surface area (Å²) in [4.78, 5) is 48.8. The molecule has 3 N–H and O–H groups in total. The van der Waals surface area contributed by atoms with Gasteiger partial charge in [0.05, 0.1) is 13.7 Å². The van der Waals surface area contributed by atoms with Crippen molar-refractivity contribution < 1.29 is 34.0 Å². The zero-order valence-corrected chi connectivity index (χ0v) is 13.5. The zero-order chi connectivity index (χ0) is 18.7. The second-order valence-corrected chi connectivity index (χ2v) is 5.35. The van der Waals surface area contributed by atoms with E-state index in [9.17, 15) is 29.4 Å². The van der Waals surface area contributed by atoms with E-state index in [-0.39, 0.29) is 5.56 Å². The molecule has 0 aromatic carbocycles. The van der Waals surface area contributed by atoms with Crippen molar-refractivity contribution in [3.8, 4) is 0 Å². The highest BCUT2D eigenvalue weighted by molar-refractivity contribution is 6.34. The Balaban J connectivity index is 2.40. The average molecular weight is 358 g/mol. The Labute approximate surface area is 140 Å². The Kier molecular flexibility index (Phi) is 5.85. The lowest BCUT2D eigenvalue weighted by atomic mass is 10.1. The number of carbonyl (C=O) groups is 2. The molecule has 0 saturated carbocycles. The van der Waals surface area contributed by atoms with Gasteiger partial charge in [-0.3, -0.25) is 19.1 Å². The maximum Gasteiger partial charge on any atom is 0.374 e. The van der Waals surface area contributed by atoms with Crippen molar-refractivity contribution in [2.75, 3.05) is 20.8 Å². The number of ketones is 1. The van der Waals surface area contributed by atoms with Crippen LogP contribution in [0.5, 0.6) is 0 Å². The first-order chi connectivity index (χ1) is 11.8. The second kappa shape index (κ2) is 7.70. The van der Waals surface area contributed by atoms with Crippen LogP contribution in [0.1, 0.15) is 11.8 Å². The number of aliphatic hydroxyl groups excluding tert-OH is 2. The van der Waals surface area contributed by atoms with Crippen molar-refractivity contribution >= 4 is 11.8 Å². The zero-order valence-electron chi connectivity index (χ0n) is 13.5. The maximum atomic E-state index is 12.1. The van der Waals surface area contributed by atoms with Gasteiger partial charge in [-0.25, -0.2) is 9.59 Å². The number of nitrogens with one attached hydrogen (secondary N) is 1. The number of H-pyrrole nitrogens is 1. The molecule has 1 aliphatic rings. The highest BCUT2D eigenvalue weighted by atomic mass is 16.6. The van der Waals surface area contributed by atoms with Gasteiger partial charge in [0, 0.05) is 25.3 Å². The minimum absolute atomic E-state index is 0.171. The monoisotopic (exact) mass is 358 g/mol. The summed E-state index contributed by atoms with van der Waals surface area (Å²) < 4.78 is 15.7. The smallest absolute Gasteiger partial charge is 0.374 e. The van der Waals surface area contributed by atoms with Crippen LogP contribution < -0.4 is 11.2 Å². The first kappa shape index (κ1) is 19.0. The molecule has 0 spiro atoms. The number of hydrogen-bond donors (Lipinski definition) is 3. The van der Waals surface area contributed by atoms with E-state index < -0.39 is 60.6 Å². The van der Waals surface area contributed by atoms with Gasteiger partial charge in [-0.2, -0.15) is 0 Å². The minimum Gasteiger partial charge on any atom is -0.463 e. The molecule has 1 aliphatic heterocycles. The minimum atomic E-state index is -1.21. The van der Waals surface area contributed by atoms with Crippen molar-refractivity contribution in [1.82, 2.24) is 9.55 Å². The van der Waals surface area contributed by atoms with E-state index >= 15 is 0 Å². The number of aliphatic hydroxyl groups is 2. The predicted octanol–water partition coefficient (Wildman–Crippen LogP) is -2.91. The van der Waals surface area contributed by atoms with Crippen LogP contribution in [0.25, 0.3) is 0 Å². The highest BCUT2D eigenvalue weighted by Gasteiger charge is 2.45. The van der Waals surface area contributed by atoms with Gasteiger partial charge in [0.25, 0.3) is 5.56 Å². The highest BCUT2D eigenvalue weighted by Crippen LogP contribution is 2.30. The fourth-order valence-corrected chi connectivity index (χ4v) is 2.55. The molecule has 1 aromatic rings. The lowest BCUT2D eigenvalue weighted by Gasteiger charge is -2.20. The standard InChI is InChI=1S/C14H18N2O9/c1-23-10-9(19)8(5-17)25-12(10)16-4-6(11(20)15-14(16)22)3-7(18)13(21)24-2/h4,8-10,12,17,19H,3,5H2,1-2H3,(H,15,20,22)/t8-,9-,10-,12-/m1/s1. The maximum absolute atomic E-state index is 12.1. The van der Waals surface area contributed by atoms with E-state index in [1.54, 1.807) is 0 Å². The first-order valence-electron chi connectivity index (χ1n) is 7.26. The molecule has 0 unspecified atom stereocenters. The average Bonchev–Trinajstić information content (AvgIpc) is 2.91. The summed E-state index contributed by atoms with van der Waals surface area (Å²) in [5.74, 6) is -2.10. The molecular weight excluding hydrogens is 340 g/mol. The van der Waals surface area contributed by atoms with Crippen molar-refractivity contribution in [2.24, 2.45) is 0 Å². The number of aromatic nitrogens is 2. The SMILES string of the molecule is COC(=O)C(=O)Cc1cn([C@@H]2O[C@H](CO)[C@@H](O)[C@H]2OC)c(=O)[nH]c1=O. The van der Waals surface area contributed by atoms with Crippen molar-refractivity contribution in [3.63, 3.8) is 0 Å². The van der Waals surface area contributed by atoms with Crippen LogP contribution in [0.4, 0.5) is 0 Å². The molecule has 1 fully saturated rings. The summed E-state index contributed by atoms with van der Waals surface area (Å²) in [6.07, 6.45) is -3.88. The second-order valence-electron chi connectivity index (χ2n) is 5.35. The van der Waals surface area contributed by atoms with Crippen molar-refractivity contribution in [1.29, 1.82) is 0 Å². The van der Waals surface area contributed by atoms with E-state index in [0.717, 1.165) is 17.9 Å². The number of methoxy groups -OCH3 is 2. The summed E-state index contributed by atoms with van der Waals surface area (Å²) in [6.45, 7) is -0.511. The largest absolute Gasteiger partial charge is 0.463 e. The summed E-state index contributed by atoms with van der Waals surface area (Å²) in [7, 11) is 2.31. The van der Waals surface area contributed by atoms with Crippen LogP contribution in [0.15, 0.2) is 15.8 Å². The van der Waals surface area contributed by atoms with Gasteiger partial charge in [0.15, 0.2) is 6.23 Å². The van der Waals surface area contributed by atoms with Gasteiger partial charge in [-0.1, -0.05) is 0 Å². The first-order valence-corrected chi connectivity index (χ1v) is 7.26. The fraction of sp³-hybridized carbons (Fsp3) is 0.571. The third-order valence-corrected chi connectivity index (χ3v) is 3.84. The molecule has 0 radical (unpaired) electrons. The molecule has 0 aliphatic carbocycles. The van der Waals surface area contributed by atoms with Gasteiger partial charge in [0.1, 0.15) is 18.3 Å². The topological polar surface area (TPSA) is 157 Å². The number of carbonyl (C=O) groups excluding carboxylic acids is 2. The van der Waals surface area contributed by atoms with Crippen LogP contribution in [-0.2, 0) is 30.2 Å². The third-order valence-electron chi connectivity index (χ3n) is 3.84. The van der Waals surface area contributed by atoms with Gasteiger partial charge >= 0.3 is 11.7 Å². The van der Waals surface area contributed by atoms with E-state index in [1.807, 2.05) is 4.98 Å². The Bertz CT molecular complexity index is 768. The molecule has 25 heavy (non-hydrogen) atoms. The van der Waals surface area contributed by atoms with Crippen LogP contribution >= 0.6 is 0 Å². The molecule has 4 atom stereocenters. The lowest BCUT2D eigenvalue weighted by molar-refractivity contribution is -0.151. The number of aromatic amines is 1. The summed E-state index contributed by atoms with van der Waals surface area (Å²) in [5.41, 5.74) is -1.88. The summed E-state index contributed by atoms with van der Waals surface area (Å²) in [5, 5.41) is 19.2. The molecule has 11 nitrogen and oxygen atoms in total. The number of hydrogen-bond acceptors (Lipinski definition) is 9. The van der Waals surface area contributed by atoms with E-state index in [4.69, 9.17) is 9.47 Å². The third kappa shape index (κ3) is 3.69. The Hall–Kier alpha value is -2.34. The van der Waals surface area contributed by atoms with Gasteiger partial charge in [-0.05, 0) is 0 Å². The molecule has 0 bridgehead atoms. The molecule has 2 rings (SSSR count). The number of rotatable bonds is 6. The Morgan fingerprint density at radius 2 is 2.04 bits per heavy atom. The number of esters is 1. The van der Waals surface area contributed by atoms with E-state index in [2.05, 4.69) is 4.74 Å². The van der Waals surface area contributed by atoms with Crippen LogP contribution in [0, 0.1) is 0 Å². The number of ether oxygens (including phenoxy) is 3. The number of nitrogens with zero attached hydrogens (tertiary/aromatic N) is 1. The fourth-order valence-electron chi connectivity index (χ4n) is 2.55. The molecule has 1 aromatic heterocycles. The summed E-state index contributed by atoms with van der Waals surface area (Å²) >= 11 is 0. The van der Waals surface area contributed by atoms with E-state index in [1.165, 1.54) is 7.11 Å². The van der Waals surface area contributed by atoms with Crippen molar-refractivity contribution in [3.05, 3.63) is 32.6 Å². The lowest BCUT2D eigenvalue weighted by Crippen LogP contribution is -2.40.